The molecule has 18 heavy (non-hydrogen) atoms. The van der Waals surface area contributed by atoms with E-state index < -0.39 is 0 Å². The highest BCUT2D eigenvalue weighted by Crippen LogP contribution is 2.32. The van der Waals surface area contributed by atoms with Gasteiger partial charge >= 0.3 is 0 Å². The average Bonchev–Trinajstić information content (AvgIpc) is 2.39. The van der Waals surface area contributed by atoms with Gasteiger partial charge in [-0.15, -0.1) is 0 Å². The standard InChI is InChI=1S/C14H18N2O2/c1-4-17-12-8-10-6-7-14(15-3)16-11(10)9-13(12)18-5-2/h6-9H,4-5H2,1-3H3,(H,15,16). The second-order valence-electron chi connectivity index (χ2n) is 3.80. The Morgan fingerprint density at radius 3 is 2.33 bits per heavy atom. The molecule has 0 aliphatic heterocycles. The minimum Gasteiger partial charge on any atom is -0.490 e. The monoisotopic (exact) mass is 246 g/mol. The molecular weight excluding hydrogens is 228 g/mol. The lowest BCUT2D eigenvalue weighted by Crippen LogP contribution is -1.99. The van der Waals surface area contributed by atoms with E-state index in [-0.39, 0.29) is 0 Å². The lowest BCUT2D eigenvalue weighted by atomic mass is 10.2. The van der Waals surface area contributed by atoms with Gasteiger partial charge in [-0.2, -0.15) is 0 Å². The number of ether oxygens (including phenoxy) is 2. The van der Waals surface area contributed by atoms with Crippen molar-refractivity contribution in [3.8, 4) is 11.5 Å². The van der Waals surface area contributed by atoms with Crippen LogP contribution in [0, 0.1) is 0 Å². The predicted molar refractivity (Wildman–Crippen MR) is 73.6 cm³/mol. The predicted octanol–water partition coefficient (Wildman–Crippen LogP) is 3.07. The van der Waals surface area contributed by atoms with Crippen molar-refractivity contribution in [2.75, 3.05) is 25.6 Å². The summed E-state index contributed by atoms with van der Waals surface area (Å²) in [6, 6.07) is 7.85. The molecule has 0 amide bonds. The maximum Gasteiger partial charge on any atom is 0.163 e. The van der Waals surface area contributed by atoms with Crippen LogP contribution in [0.2, 0.25) is 0 Å². The van der Waals surface area contributed by atoms with E-state index in [1.807, 2.05) is 45.2 Å². The number of benzene rings is 1. The Bertz CT molecular complexity index is 541. The Balaban J connectivity index is 2.52. The summed E-state index contributed by atoms with van der Waals surface area (Å²) in [5.74, 6) is 2.35. The van der Waals surface area contributed by atoms with E-state index in [4.69, 9.17) is 9.47 Å². The van der Waals surface area contributed by atoms with Gasteiger partial charge in [0.05, 0.1) is 18.7 Å². The molecule has 0 aliphatic carbocycles. The van der Waals surface area contributed by atoms with E-state index in [9.17, 15) is 0 Å². The highest BCUT2D eigenvalue weighted by molar-refractivity contribution is 5.84. The summed E-state index contributed by atoms with van der Waals surface area (Å²) in [5, 5.41) is 4.07. The van der Waals surface area contributed by atoms with Crippen LogP contribution in [0.15, 0.2) is 24.3 Å². The van der Waals surface area contributed by atoms with Crippen molar-refractivity contribution >= 4 is 16.7 Å². The van der Waals surface area contributed by atoms with Crippen LogP contribution in [0.5, 0.6) is 11.5 Å². The molecule has 2 aromatic rings. The normalized spacial score (nSPS) is 10.4. The van der Waals surface area contributed by atoms with Crippen molar-refractivity contribution in [2.45, 2.75) is 13.8 Å². The Hall–Kier alpha value is -1.97. The highest BCUT2D eigenvalue weighted by Gasteiger charge is 2.08. The number of aromatic nitrogens is 1. The molecule has 0 bridgehead atoms. The first-order valence-electron chi connectivity index (χ1n) is 6.16. The molecule has 0 spiro atoms. The number of hydrogen-bond donors (Lipinski definition) is 1. The lowest BCUT2D eigenvalue weighted by molar-refractivity contribution is 0.288. The number of anilines is 1. The van der Waals surface area contributed by atoms with Gasteiger partial charge in [-0.25, -0.2) is 4.98 Å². The maximum absolute atomic E-state index is 5.59. The van der Waals surface area contributed by atoms with Crippen LogP contribution in [0.4, 0.5) is 5.82 Å². The van der Waals surface area contributed by atoms with Crippen LogP contribution >= 0.6 is 0 Å². The fraction of sp³-hybridized carbons (Fsp3) is 0.357. The summed E-state index contributed by atoms with van der Waals surface area (Å²) in [5.41, 5.74) is 0.897. The highest BCUT2D eigenvalue weighted by atomic mass is 16.5. The molecule has 0 radical (unpaired) electrons. The molecule has 1 heterocycles. The minimum absolute atomic E-state index is 0.608. The van der Waals surface area contributed by atoms with Crippen molar-refractivity contribution in [1.29, 1.82) is 0 Å². The van der Waals surface area contributed by atoms with Crippen LogP contribution in [0.1, 0.15) is 13.8 Å². The first kappa shape index (κ1) is 12.5. The smallest absolute Gasteiger partial charge is 0.163 e. The lowest BCUT2D eigenvalue weighted by Gasteiger charge is -2.12. The summed E-state index contributed by atoms with van der Waals surface area (Å²) in [4.78, 5) is 4.49. The topological polar surface area (TPSA) is 43.4 Å². The van der Waals surface area contributed by atoms with Crippen LogP contribution < -0.4 is 14.8 Å². The van der Waals surface area contributed by atoms with E-state index in [0.717, 1.165) is 28.2 Å². The molecule has 1 aromatic heterocycles. The summed E-state index contributed by atoms with van der Waals surface area (Å²) >= 11 is 0. The van der Waals surface area contributed by atoms with Gasteiger partial charge in [0.2, 0.25) is 0 Å². The molecular formula is C14H18N2O2. The Kier molecular flexibility index (Phi) is 3.87. The molecule has 0 fully saturated rings. The van der Waals surface area contributed by atoms with Gasteiger partial charge in [0, 0.05) is 18.5 Å². The van der Waals surface area contributed by atoms with Gasteiger partial charge in [0.15, 0.2) is 11.5 Å². The van der Waals surface area contributed by atoms with Gasteiger partial charge in [0.25, 0.3) is 0 Å². The number of fused-ring (bicyclic) bond motifs is 1. The Morgan fingerprint density at radius 2 is 1.72 bits per heavy atom. The quantitative estimate of drug-likeness (QED) is 0.880. The van der Waals surface area contributed by atoms with Gasteiger partial charge in [0.1, 0.15) is 5.82 Å². The number of rotatable bonds is 5. The molecule has 4 heteroatoms. The summed E-state index contributed by atoms with van der Waals surface area (Å²) in [6.45, 7) is 5.14. The fourth-order valence-corrected chi connectivity index (χ4v) is 1.81. The molecule has 96 valence electrons. The SMILES string of the molecule is CCOc1cc2ccc(NC)nc2cc1OCC. The van der Waals surface area contributed by atoms with E-state index in [0.29, 0.717) is 13.2 Å². The number of pyridine rings is 1. The fourth-order valence-electron chi connectivity index (χ4n) is 1.81. The third-order valence-corrected chi connectivity index (χ3v) is 2.61. The number of hydrogen-bond acceptors (Lipinski definition) is 4. The first-order valence-corrected chi connectivity index (χ1v) is 6.16. The van der Waals surface area contributed by atoms with Gasteiger partial charge in [-0.1, -0.05) is 0 Å². The molecule has 0 atom stereocenters. The zero-order valence-corrected chi connectivity index (χ0v) is 11.0. The largest absolute Gasteiger partial charge is 0.490 e. The van der Waals surface area contributed by atoms with Crippen LogP contribution in [-0.2, 0) is 0 Å². The molecule has 2 rings (SSSR count). The third kappa shape index (κ3) is 2.47. The Morgan fingerprint density at radius 1 is 1.06 bits per heavy atom. The van der Waals surface area contributed by atoms with E-state index in [1.165, 1.54) is 0 Å². The maximum atomic E-state index is 5.59. The molecule has 4 nitrogen and oxygen atoms in total. The van der Waals surface area contributed by atoms with Gasteiger partial charge in [-0.05, 0) is 32.0 Å². The summed E-state index contributed by atoms with van der Waals surface area (Å²) in [6.07, 6.45) is 0. The van der Waals surface area contributed by atoms with Crippen molar-refractivity contribution in [2.24, 2.45) is 0 Å². The molecule has 0 saturated heterocycles. The van der Waals surface area contributed by atoms with Crippen molar-refractivity contribution in [1.82, 2.24) is 4.98 Å². The van der Waals surface area contributed by atoms with Crippen molar-refractivity contribution in [3.05, 3.63) is 24.3 Å². The molecule has 0 unspecified atom stereocenters. The number of nitrogens with zero attached hydrogens (tertiary/aromatic N) is 1. The van der Waals surface area contributed by atoms with Gasteiger partial charge < -0.3 is 14.8 Å². The van der Waals surface area contributed by atoms with E-state index in [1.54, 1.807) is 0 Å². The van der Waals surface area contributed by atoms with Crippen molar-refractivity contribution in [3.63, 3.8) is 0 Å². The zero-order valence-electron chi connectivity index (χ0n) is 11.0. The molecule has 1 aromatic carbocycles. The van der Waals surface area contributed by atoms with Crippen LogP contribution in [0.3, 0.4) is 0 Å². The molecule has 1 N–H and O–H groups in total. The second kappa shape index (κ2) is 5.58. The molecule has 0 saturated carbocycles. The van der Waals surface area contributed by atoms with Crippen molar-refractivity contribution < 1.29 is 9.47 Å². The van der Waals surface area contributed by atoms with Crippen LogP contribution in [-0.4, -0.2) is 25.2 Å². The van der Waals surface area contributed by atoms with Gasteiger partial charge in [-0.3, -0.25) is 0 Å². The Labute approximate surface area is 107 Å². The minimum atomic E-state index is 0.608. The van der Waals surface area contributed by atoms with E-state index in [2.05, 4.69) is 10.3 Å². The second-order valence-corrected chi connectivity index (χ2v) is 3.80. The zero-order chi connectivity index (χ0) is 13.0. The number of nitrogens with one attached hydrogen (secondary N) is 1. The average molecular weight is 246 g/mol. The molecule has 0 aliphatic rings. The van der Waals surface area contributed by atoms with Crippen LogP contribution in [0.25, 0.3) is 10.9 Å². The first-order chi connectivity index (χ1) is 8.78. The third-order valence-electron chi connectivity index (χ3n) is 2.61. The summed E-state index contributed by atoms with van der Waals surface area (Å²) in [7, 11) is 1.85. The van der Waals surface area contributed by atoms with E-state index >= 15 is 0 Å². The summed E-state index contributed by atoms with van der Waals surface area (Å²) < 4.78 is 11.2.